The van der Waals surface area contributed by atoms with Gasteiger partial charge in [-0.2, -0.15) is 13.2 Å². The van der Waals surface area contributed by atoms with Crippen LogP contribution in [-0.2, 0) is 0 Å². The zero-order chi connectivity index (χ0) is 20.6. The molecule has 2 aromatic rings. The van der Waals surface area contributed by atoms with Gasteiger partial charge in [0, 0.05) is 11.1 Å². The molecule has 0 spiro atoms. The van der Waals surface area contributed by atoms with E-state index >= 15 is 0 Å². The molecule has 1 aliphatic rings. The minimum Gasteiger partial charge on any atom is -0.426 e. The molecule has 0 amide bonds. The van der Waals surface area contributed by atoms with Crippen LogP contribution in [0.4, 0.5) is 30.7 Å². The van der Waals surface area contributed by atoms with E-state index in [1.54, 1.807) is 0 Å². The Labute approximate surface area is 156 Å². The summed E-state index contributed by atoms with van der Waals surface area (Å²) in [4.78, 5) is 0. The number of benzene rings is 2. The molecule has 0 saturated carbocycles. The van der Waals surface area contributed by atoms with Crippen molar-refractivity contribution in [3.63, 3.8) is 0 Å². The molecule has 0 aromatic heterocycles. The van der Waals surface area contributed by atoms with Crippen LogP contribution >= 0.6 is 0 Å². The highest BCUT2D eigenvalue weighted by atomic mass is 19.3. The van der Waals surface area contributed by atoms with Crippen molar-refractivity contribution in [2.45, 2.75) is 32.3 Å². The third-order valence-corrected chi connectivity index (χ3v) is 4.63. The molecule has 1 atom stereocenters. The summed E-state index contributed by atoms with van der Waals surface area (Å²) in [5, 5.41) is 0. The van der Waals surface area contributed by atoms with Crippen LogP contribution in [0.1, 0.15) is 26.2 Å². The Morgan fingerprint density at radius 1 is 0.929 bits per heavy atom. The summed E-state index contributed by atoms with van der Waals surface area (Å²) in [5.41, 5.74) is -1.44. The van der Waals surface area contributed by atoms with Crippen molar-refractivity contribution < 1.29 is 35.5 Å². The van der Waals surface area contributed by atoms with Crippen LogP contribution < -0.4 is 4.74 Å². The normalized spacial score (nSPS) is 17.4. The van der Waals surface area contributed by atoms with Gasteiger partial charge < -0.3 is 4.74 Å². The molecule has 2 aromatic carbocycles. The average molecular weight is 404 g/mol. The van der Waals surface area contributed by atoms with Crippen LogP contribution in [0.5, 0.6) is 5.75 Å². The third kappa shape index (κ3) is 3.86. The SMILES string of the molecule is CC1CC=C(C(F)(F)Oc2ccc(-c3cc(F)c(F)c(F)c3)c(F)c2F)CC1. The second-order valence-electron chi connectivity index (χ2n) is 6.72. The highest BCUT2D eigenvalue weighted by Crippen LogP contribution is 2.38. The molecule has 28 heavy (non-hydrogen) atoms. The van der Waals surface area contributed by atoms with E-state index in [2.05, 4.69) is 4.74 Å². The Morgan fingerprint density at radius 2 is 1.57 bits per heavy atom. The Balaban J connectivity index is 1.92. The quantitative estimate of drug-likeness (QED) is 0.311. The number of allylic oxidation sites excluding steroid dienone is 1. The predicted molar refractivity (Wildman–Crippen MR) is 88.3 cm³/mol. The summed E-state index contributed by atoms with van der Waals surface area (Å²) in [7, 11) is 0. The zero-order valence-electron chi connectivity index (χ0n) is 14.6. The van der Waals surface area contributed by atoms with Crippen molar-refractivity contribution in [3.8, 4) is 16.9 Å². The van der Waals surface area contributed by atoms with Gasteiger partial charge in [-0.15, -0.1) is 0 Å². The van der Waals surface area contributed by atoms with Gasteiger partial charge in [-0.1, -0.05) is 13.0 Å². The first kappa shape index (κ1) is 20.2. The maximum absolute atomic E-state index is 14.3. The lowest BCUT2D eigenvalue weighted by atomic mass is 9.90. The molecule has 3 rings (SSSR count). The van der Waals surface area contributed by atoms with Crippen LogP contribution in [0.3, 0.4) is 0 Å². The van der Waals surface area contributed by atoms with Gasteiger partial charge in [0.2, 0.25) is 5.82 Å². The third-order valence-electron chi connectivity index (χ3n) is 4.63. The highest BCUT2D eigenvalue weighted by Gasteiger charge is 2.39. The van der Waals surface area contributed by atoms with Gasteiger partial charge in [-0.3, -0.25) is 0 Å². The Morgan fingerprint density at radius 3 is 2.14 bits per heavy atom. The molecule has 1 unspecified atom stereocenters. The van der Waals surface area contributed by atoms with Crippen molar-refractivity contribution in [1.29, 1.82) is 0 Å². The Kier molecular flexibility index (Phi) is 5.41. The molecule has 0 heterocycles. The Hall–Kier alpha value is -2.51. The van der Waals surface area contributed by atoms with Gasteiger partial charge in [-0.25, -0.2) is 17.6 Å². The van der Waals surface area contributed by atoms with Crippen LogP contribution in [0.25, 0.3) is 11.1 Å². The molecule has 0 radical (unpaired) electrons. The van der Waals surface area contributed by atoms with E-state index in [1.165, 1.54) is 6.08 Å². The fourth-order valence-electron chi connectivity index (χ4n) is 2.98. The van der Waals surface area contributed by atoms with Crippen molar-refractivity contribution in [1.82, 2.24) is 0 Å². The summed E-state index contributed by atoms with van der Waals surface area (Å²) >= 11 is 0. The van der Waals surface area contributed by atoms with Crippen molar-refractivity contribution in [3.05, 3.63) is 65.0 Å². The minimum absolute atomic E-state index is 0.0600. The van der Waals surface area contributed by atoms with Gasteiger partial charge in [0.05, 0.1) is 0 Å². The van der Waals surface area contributed by atoms with E-state index in [1.807, 2.05) is 6.92 Å². The summed E-state index contributed by atoms with van der Waals surface area (Å²) < 4.78 is 101. The van der Waals surface area contributed by atoms with Gasteiger partial charge in [0.15, 0.2) is 29.0 Å². The second kappa shape index (κ2) is 7.48. The number of hydrogen-bond donors (Lipinski definition) is 0. The summed E-state index contributed by atoms with van der Waals surface area (Å²) in [6, 6.07) is 2.50. The summed E-state index contributed by atoms with van der Waals surface area (Å²) in [6.45, 7) is 1.90. The van der Waals surface area contributed by atoms with Crippen LogP contribution in [0.15, 0.2) is 35.9 Å². The number of alkyl halides is 2. The van der Waals surface area contributed by atoms with E-state index in [0.717, 1.165) is 12.1 Å². The number of rotatable bonds is 4. The first-order chi connectivity index (χ1) is 13.1. The van der Waals surface area contributed by atoms with E-state index in [4.69, 9.17) is 0 Å². The van der Waals surface area contributed by atoms with Gasteiger partial charge in [0.25, 0.3) is 0 Å². The van der Waals surface area contributed by atoms with Gasteiger partial charge in [-0.05, 0) is 55.0 Å². The molecule has 1 aliphatic carbocycles. The second-order valence-corrected chi connectivity index (χ2v) is 6.72. The van der Waals surface area contributed by atoms with Crippen molar-refractivity contribution in [2.75, 3.05) is 0 Å². The maximum atomic E-state index is 14.3. The molecule has 0 fully saturated rings. The molecular formula is C20H15F7O. The summed E-state index contributed by atoms with van der Waals surface area (Å²) in [6.07, 6.45) is -1.51. The lowest BCUT2D eigenvalue weighted by molar-refractivity contribution is -0.147. The Bertz CT molecular complexity index is 913. The van der Waals surface area contributed by atoms with Crippen molar-refractivity contribution in [2.24, 2.45) is 5.92 Å². The molecule has 0 saturated heterocycles. The largest absolute Gasteiger partial charge is 0.426 e. The van der Waals surface area contributed by atoms with E-state index in [-0.39, 0.29) is 17.9 Å². The first-order valence-corrected chi connectivity index (χ1v) is 8.49. The van der Waals surface area contributed by atoms with Crippen molar-refractivity contribution >= 4 is 0 Å². The molecule has 8 heteroatoms. The molecular weight excluding hydrogens is 389 g/mol. The standard InChI is InChI=1S/C20H15F7O/c1-10-2-4-12(5-3-10)20(26,27)28-16-7-6-13(17(23)19(16)25)11-8-14(21)18(24)15(22)9-11/h4,6-10H,2-3,5H2,1H3. The molecule has 1 nitrogen and oxygen atoms in total. The number of ether oxygens (including phenoxy) is 1. The lowest BCUT2D eigenvalue weighted by Crippen LogP contribution is -2.29. The van der Waals surface area contributed by atoms with Crippen LogP contribution in [-0.4, -0.2) is 6.11 Å². The van der Waals surface area contributed by atoms with Gasteiger partial charge in [0.1, 0.15) is 0 Å². The minimum atomic E-state index is -3.83. The molecule has 0 aliphatic heterocycles. The monoisotopic (exact) mass is 404 g/mol. The smallest absolute Gasteiger partial charge is 0.422 e. The summed E-state index contributed by atoms with van der Waals surface area (Å²) in [5.74, 6) is -9.16. The van der Waals surface area contributed by atoms with Crippen LogP contribution in [0.2, 0.25) is 0 Å². The van der Waals surface area contributed by atoms with E-state index in [9.17, 15) is 30.7 Å². The lowest BCUT2D eigenvalue weighted by Gasteiger charge is -2.25. The average Bonchev–Trinajstić information content (AvgIpc) is 2.63. The fraction of sp³-hybridized carbons (Fsp3) is 0.300. The van der Waals surface area contributed by atoms with Crippen LogP contribution in [0, 0.1) is 35.0 Å². The molecule has 0 N–H and O–H groups in total. The predicted octanol–water partition coefficient (Wildman–Crippen LogP) is 6.77. The number of halogens is 7. The molecule has 150 valence electrons. The van der Waals surface area contributed by atoms with E-state index < -0.39 is 52.1 Å². The van der Waals surface area contributed by atoms with E-state index in [0.29, 0.717) is 25.0 Å². The first-order valence-electron chi connectivity index (χ1n) is 8.49. The number of hydrogen-bond acceptors (Lipinski definition) is 1. The van der Waals surface area contributed by atoms with Gasteiger partial charge >= 0.3 is 6.11 Å². The highest BCUT2D eigenvalue weighted by molar-refractivity contribution is 5.65. The zero-order valence-corrected chi connectivity index (χ0v) is 14.6. The fourth-order valence-corrected chi connectivity index (χ4v) is 2.98. The topological polar surface area (TPSA) is 9.23 Å². The molecule has 0 bridgehead atoms. The maximum Gasteiger partial charge on any atom is 0.422 e.